The molecule has 23 heavy (non-hydrogen) atoms. The lowest BCUT2D eigenvalue weighted by Crippen LogP contribution is -2.43. The van der Waals surface area contributed by atoms with E-state index in [1.807, 2.05) is 27.6 Å². The van der Waals surface area contributed by atoms with E-state index in [1.165, 1.54) is 11.9 Å². The lowest BCUT2D eigenvalue weighted by atomic mass is 10.1. The fraction of sp³-hybridized carbons (Fsp3) is 0.812. The standard InChI is InChI=1S/C10H17NO3.C4H10O.CH5N.CH2O/c1-10(2,3)14-9(13)11-6-4-5-8(12)7-11;1-4(2,3)5;2*1-2/h4-7H2,1-3H3;5H,1-3H3;2H2,1H3;1H2. The van der Waals surface area contributed by atoms with Gasteiger partial charge in [0.2, 0.25) is 0 Å². The zero-order valence-electron chi connectivity index (χ0n) is 15.6. The van der Waals surface area contributed by atoms with Crippen molar-refractivity contribution < 1.29 is 24.2 Å². The quantitative estimate of drug-likeness (QED) is 0.698. The molecule has 0 radical (unpaired) electrons. The van der Waals surface area contributed by atoms with Crippen molar-refractivity contribution in [1.82, 2.24) is 4.90 Å². The van der Waals surface area contributed by atoms with Crippen LogP contribution >= 0.6 is 0 Å². The summed E-state index contributed by atoms with van der Waals surface area (Å²) in [6.45, 7) is 13.5. The van der Waals surface area contributed by atoms with Gasteiger partial charge < -0.3 is 25.3 Å². The number of amides is 1. The molecule has 1 heterocycles. The van der Waals surface area contributed by atoms with Gasteiger partial charge in [0.05, 0.1) is 12.1 Å². The van der Waals surface area contributed by atoms with Crippen LogP contribution in [0.15, 0.2) is 0 Å². The molecule has 0 aromatic rings. The van der Waals surface area contributed by atoms with Crippen LogP contribution in [0.2, 0.25) is 0 Å². The van der Waals surface area contributed by atoms with E-state index < -0.39 is 11.2 Å². The molecule has 0 bridgehead atoms. The van der Waals surface area contributed by atoms with Gasteiger partial charge in [0, 0.05) is 13.0 Å². The molecule has 7 nitrogen and oxygen atoms in total. The lowest BCUT2D eigenvalue weighted by molar-refractivity contribution is -0.122. The number of nitrogens with zero attached hydrogens (tertiary/aromatic N) is 1. The summed E-state index contributed by atoms with van der Waals surface area (Å²) in [5.74, 6) is 0.113. The maximum atomic E-state index is 11.5. The first-order chi connectivity index (χ1) is 10.4. The molecule has 1 aliphatic rings. The van der Waals surface area contributed by atoms with Gasteiger partial charge >= 0.3 is 6.09 Å². The summed E-state index contributed by atoms with van der Waals surface area (Å²) in [6.07, 6.45) is 0.947. The van der Waals surface area contributed by atoms with Crippen LogP contribution < -0.4 is 5.73 Å². The van der Waals surface area contributed by atoms with Crippen molar-refractivity contribution in [1.29, 1.82) is 0 Å². The van der Waals surface area contributed by atoms with Crippen molar-refractivity contribution in [2.45, 2.75) is 65.6 Å². The third kappa shape index (κ3) is 22.9. The van der Waals surface area contributed by atoms with Gasteiger partial charge in [0.1, 0.15) is 12.4 Å². The Morgan fingerprint density at radius 3 is 1.87 bits per heavy atom. The monoisotopic (exact) mass is 334 g/mol. The smallest absolute Gasteiger partial charge is 0.410 e. The minimum absolute atomic E-state index is 0.113. The summed E-state index contributed by atoms with van der Waals surface area (Å²) in [4.78, 5) is 32.1. The third-order valence-corrected chi connectivity index (χ3v) is 1.90. The van der Waals surface area contributed by atoms with Crippen molar-refractivity contribution in [2.24, 2.45) is 5.73 Å². The van der Waals surface area contributed by atoms with Crippen molar-refractivity contribution >= 4 is 18.7 Å². The van der Waals surface area contributed by atoms with E-state index in [9.17, 15) is 9.59 Å². The van der Waals surface area contributed by atoms with Crippen LogP contribution in [-0.4, -0.2) is 60.0 Å². The van der Waals surface area contributed by atoms with Crippen LogP contribution in [0.5, 0.6) is 0 Å². The minimum Gasteiger partial charge on any atom is -0.444 e. The number of carbonyl (C=O) groups is 3. The second-order valence-corrected chi connectivity index (χ2v) is 6.71. The molecule has 0 saturated carbocycles. The molecule has 3 N–H and O–H groups in total. The maximum absolute atomic E-state index is 11.5. The molecule has 1 aliphatic heterocycles. The molecule has 1 rings (SSSR count). The number of ketones is 1. The maximum Gasteiger partial charge on any atom is 0.410 e. The van der Waals surface area contributed by atoms with E-state index in [2.05, 4.69) is 5.73 Å². The van der Waals surface area contributed by atoms with Crippen LogP contribution in [-0.2, 0) is 14.3 Å². The summed E-state index contributed by atoms with van der Waals surface area (Å²) in [5, 5.41) is 8.52. The van der Waals surface area contributed by atoms with Crippen LogP contribution in [0.4, 0.5) is 4.79 Å². The first kappa shape index (κ1) is 26.4. The van der Waals surface area contributed by atoms with E-state index in [4.69, 9.17) is 14.6 Å². The highest BCUT2D eigenvalue weighted by atomic mass is 16.6. The Bertz CT molecular complexity index is 326. The van der Waals surface area contributed by atoms with Crippen LogP contribution in [0.3, 0.4) is 0 Å². The molecular formula is C16H34N2O5. The molecule has 138 valence electrons. The summed E-state index contributed by atoms with van der Waals surface area (Å²) in [6, 6.07) is 0. The highest BCUT2D eigenvalue weighted by Crippen LogP contribution is 2.13. The van der Waals surface area contributed by atoms with E-state index in [1.54, 1.807) is 20.8 Å². The number of aliphatic hydroxyl groups is 1. The number of hydrogen-bond acceptors (Lipinski definition) is 6. The number of ether oxygens (including phenoxy) is 1. The Hall–Kier alpha value is -1.47. The first-order valence-electron chi connectivity index (χ1n) is 7.47. The van der Waals surface area contributed by atoms with Gasteiger partial charge in [-0.25, -0.2) is 4.79 Å². The zero-order valence-corrected chi connectivity index (χ0v) is 15.6. The second-order valence-electron chi connectivity index (χ2n) is 6.71. The Kier molecular flexibility index (Phi) is 15.0. The first-order valence-corrected chi connectivity index (χ1v) is 7.47. The number of carbonyl (C=O) groups excluding carboxylic acids is 3. The largest absolute Gasteiger partial charge is 0.444 e. The van der Waals surface area contributed by atoms with Gasteiger partial charge in [-0.15, -0.1) is 0 Å². The molecule has 0 spiro atoms. The van der Waals surface area contributed by atoms with Crippen molar-refractivity contribution in [3.05, 3.63) is 0 Å². The number of likely N-dealkylation sites (tertiary alicyclic amines) is 1. The molecule has 0 aliphatic carbocycles. The van der Waals surface area contributed by atoms with E-state index >= 15 is 0 Å². The Balaban J connectivity index is -0.000000375. The van der Waals surface area contributed by atoms with Gasteiger partial charge in [-0.1, -0.05) is 0 Å². The summed E-state index contributed by atoms with van der Waals surface area (Å²) >= 11 is 0. The van der Waals surface area contributed by atoms with E-state index in [-0.39, 0.29) is 18.4 Å². The molecule has 1 fully saturated rings. The fourth-order valence-electron chi connectivity index (χ4n) is 1.32. The number of hydrogen-bond donors (Lipinski definition) is 2. The number of piperidine rings is 1. The van der Waals surface area contributed by atoms with Gasteiger partial charge in [0.15, 0.2) is 5.78 Å². The lowest BCUT2D eigenvalue weighted by Gasteiger charge is -2.29. The Morgan fingerprint density at radius 2 is 1.57 bits per heavy atom. The molecular weight excluding hydrogens is 300 g/mol. The van der Waals surface area contributed by atoms with Crippen molar-refractivity contribution in [2.75, 3.05) is 20.1 Å². The van der Waals surface area contributed by atoms with E-state index in [0.29, 0.717) is 13.0 Å². The van der Waals surface area contributed by atoms with Crippen LogP contribution in [0, 0.1) is 0 Å². The highest BCUT2D eigenvalue weighted by molar-refractivity contribution is 5.85. The summed E-state index contributed by atoms with van der Waals surface area (Å²) in [5.41, 5.74) is 3.51. The van der Waals surface area contributed by atoms with Crippen LogP contribution in [0.1, 0.15) is 54.4 Å². The molecule has 1 amide bonds. The minimum atomic E-state index is -0.500. The number of rotatable bonds is 0. The van der Waals surface area contributed by atoms with Gasteiger partial charge in [-0.05, 0) is 55.0 Å². The molecule has 0 unspecified atom stereocenters. The predicted molar refractivity (Wildman–Crippen MR) is 91.3 cm³/mol. The number of Topliss-reactive ketones (excluding diaryl/α,β-unsaturated/α-hetero) is 1. The normalized spacial score (nSPS) is 14.1. The molecule has 0 aromatic carbocycles. The molecule has 7 heteroatoms. The SMILES string of the molecule is C=O.CC(C)(C)O.CC(C)(C)OC(=O)N1CCCC(=O)C1.CN. The van der Waals surface area contributed by atoms with Gasteiger partial charge in [0.25, 0.3) is 0 Å². The second kappa shape index (κ2) is 13.0. The van der Waals surface area contributed by atoms with Crippen LogP contribution in [0.25, 0.3) is 0 Å². The topological polar surface area (TPSA) is 110 Å². The molecule has 0 aromatic heterocycles. The fourth-order valence-corrected chi connectivity index (χ4v) is 1.32. The average Bonchev–Trinajstić information content (AvgIpc) is 2.39. The van der Waals surface area contributed by atoms with Crippen molar-refractivity contribution in [3.8, 4) is 0 Å². The average molecular weight is 334 g/mol. The van der Waals surface area contributed by atoms with Gasteiger partial charge in [-0.3, -0.25) is 4.79 Å². The highest BCUT2D eigenvalue weighted by Gasteiger charge is 2.26. The van der Waals surface area contributed by atoms with Gasteiger partial charge in [-0.2, -0.15) is 0 Å². The molecule has 1 saturated heterocycles. The Labute approximate surface area is 140 Å². The van der Waals surface area contributed by atoms with E-state index in [0.717, 1.165) is 6.42 Å². The Morgan fingerprint density at radius 1 is 1.17 bits per heavy atom. The third-order valence-electron chi connectivity index (χ3n) is 1.90. The summed E-state index contributed by atoms with van der Waals surface area (Å²) in [7, 11) is 1.50. The zero-order chi connectivity index (χ0) is 19.3. The number of nitrogens with two attached hydrogens (primary N) is 1. The molecule has 0 atom stereocenters. The predicted octanol–water partition coefficient (Wildman–Crippen LogP) is 1.75. The summed E-state index contributed by atoms with van der Waals surface area (Å²) < 4.78 is 5.16. The van der Waals surface area contributed by atoms with Crippen molar-refractivity contribution in [3.63, 3.8) is 0 Å².